The second kappa shape index (κ2) is 8.85. The fourth-order valence-electron chi connectivity index (χ4n) is 2.50. The Hall–Kier alpha value is -1.32. The van der Waals surface area contributed by atoms with Crippen LogP contribution in [0.25, 0.3) is 0 Å². The number of hydrogen-bond acceptors (Lipinski definition) is 3. The highest BCUT2D eigenvalue weighted by molar-refractivity contribution is 7.09. The minimum atomic E-state index is 0.359. The SMILES string of the molecule is CCCOc1ccccc1C(CCCc1cccs1)NC. The Morgan fingerprint density at radius 3 is 2.76 bits per heavy atom. The van der Waals surface area contributed by atoms with E-state index in [4.69, 9.17) is 4.74 Å². The van der Waals surface area contributed by atoms with Crippen LogP contribution in [0.3, 0.4) is 0 Å². The standard InChI is InChI=1S/C18H25NOS/c1-3-13-20-18-12-5-4-10-16(18)17(19-2)11-6-8-15-9-7-14-21-15/h4-5,7,9-10,12,14,17,19H,3,6,8,11,13H2,1-2H3. The summed E-state index contributed by atoms with van der Waals surface area (Å²) in [6.45, 7) is 2.92. The maximum absolute atomic E-state index is 5.88. The van der Waals surface area contributed by atoms with Gasteiger partial charge in [-0.1, -0.05) is 31.2 Å². The summed E-state index contributed by atoms with van der Waals surface area (Å²) >= 11 is 1.85. The van der Waals surface area contributed by atoms with Crippen LogP contribution < -0.4 is 10.1 Å². The van der Waals surface area contributed by atoms with Crippen molar-refractivity contribution in [3.8, 4) is 5.75 Å². The molecule has 0 saturated heterocycles. The monoisotopic (exact) mass is 303 g/mol. The molecule has 0 spiro atoms. The molecule has 2 nitrogen and oxygen atoms in total. The molecule has 0 aliphatic carbocycles. The van der Waals surface area contributed by atoms with E-state index in [9.17, 15) is 0 Å². The molecule has 0 bridgehead atoms. The first kappa shape index (κ1) is 16.1. The summed E-state index contributed by atoms with van der Waals surface area (Å²) in [5.74, 6) is 1.02. The number of rotatable bonds is 9. The molecule has 3 heteroatoms. The van der Waals surface area contributed by atoms with E-state index in [0.29, 0.717) is 6.04 Å². The van der Waals surface area contributed by atoms with E-state index in [1.165, 1.54) is 16.9 Å². The van der Waals surface area contributed by atoms with Crippen molar-refractivity contribution in [2.45, 2.75) is 38.6 Å². The zero-order chi connectivity index (χ0) is 14.9. The lowest BCUT2D eigenvalue weighted by molar-refractivity contribution is 0.309. The van der Waals surface area contributed by atoms with Crippen molar-refractivity contribution in [1.82, 2.24) is 5.32 Å². The second-order valence-corrected chi connectivity index (χ2v) is 6.23. The average molecular weight is 303 g/mol. The molecule has 2 rings (SSSR count). The molecular weight excluding hydrogens is 278 g/mol. The lowest BCUT2D eigenvalue weighted by Gasteiger charge is -2.20. The summed E-state index contributed by atoms with van der Waals surface area (Å²) < 4.78 is 5.88. The topological polar surface area (TPSA) is 21.3 Å². The molecule has 0 fully saturated rings. The quantitative estimate of drug-likeness (QED) is 0.717. The largest absolute Gasteiger partial charge is 0.493 e. The van der Waals surface area contributed by atoms with E-state index in [2.05, 4.69) is 48.0 Å². The highest BCUT2D eigenvalue weighted by Gasteiger charge is 2.14. The number of thiophene rings is 1. The third-order valence-electron chi connectivity index (χ3n) is 3.60. The van der Waals surface area contributed by atoms with Crippen LogP contribution in [0, 0.1) is 0 Å². The summed E-state index contributed by atoms with van der Waals surface area (Å²) in [7, 11) is 2.03. The normalized spacial score (nSPS) is 12.3. The molecule has 0 aliphatic rings. The summed E-state index contributed by atoms with van der Waals surface area (Å²) in [4.78, 5) is 1.47. The number of aryl methyl sites for hydroxylation is 1. The summed E-state index contributed by atoms with van der Waals surface area (Å²) in [5, 5.41) is 5.59. The molecular formula is C18H25NOS. The van der Waals surface area contributed by atoms with Gasteiger partial charge in [0.05, 0.1) is 6.61 Å². The van der Waals surface area contributed by atoms with E-state index in [0.717, 1.165) is 31.6 Å². The third kappa shape index (κ3) is 4.87. The van der Waals surface area contributed by atoms with Crippen molar-refractivity contribution < 1.29 is 4.74 Å². The van der Waals surface area contributed by atoms with Crippen molar-refractivity contribution in [2.24, 2.45) is 0 Å². The molecule has 1 heterocycles. The molecule has 21 heavy (non-hydrogen) atoms. The van der Waals surface area contributed by atoms with Crippen LogP contribution in [0.1, 0.15) is 42.7 Å². The Morgan fingerprint density at radius 2 is 2.05 bits per heavy atom. The molecule has 1 aromatic carbocycles. The summed E-state index contributed by atoms with van der Waals surface area (Å²) in [6.07, 6.45) is 4.51. The first-order chi connectivity index (χ1) is 10.3. The fourth-order valence-corrected chi connectivity index (χ4v) is 3.25. The van der Waals surface area contributed by atoms with Crippen molar-refractivity contribution in [2.75, 3.05) is 13.7 Å². The van der Waals surface area contributed by atoms with Gasteiger partial charge in [-0.05, 0) is 50.2 Å². The van der Waals surface area contributed by atoms with Crippen LogP contribution in [0.5, 0.6) is 5.75 Å². The summed E-state index contributed by atoms with van der Waals surface area (Å²) in [5.41, 5.74) is 1.28. The highest BCUT2D eigenvalue weighted by Crippen LogP contribution is 2.28. The molecule has 114 valence electrons. The van der Waals surface area contributed by atoms with Crippen LogP contribution >= 0.6 is 11.3 Å². The van der Waals surface area contributed by atoms with Crippen molar-refractivity contribution in [3.05, 3.63) is 52.2 Å². The van der Waals surface area contributed by atoms with Gasteiger partial charge in [-0.2, -0.15) is 0 Å². The Morgan fingerprint density at radius 1 is 1.19 bits per heavy atom. The van der Waals surface area contributed by atoms with Gasteiger partial charge in [0.1, 0.15) is 5.75 Å². The van der Waals surface area contributed by atoms with Crippen LogP contribution in [-0.2, 0) is 6.42 Å². The van der Waals surface area contributed by atoms with Gasteiger partial charge < -0.3 is 10.1 Å². The second-order valence-electron chi connectivity index (χ2n) is 5.20. The van der Waals surface area contributed by atoms with Crippen molar-refractivity contribution >= 4 is 11.3 Å². The Labute approximate surface area is 132 Å². The molecule has 0 saturated carbocycles. The highest BCUT2D eigenvalue weighted by atomic mass is 32.1. The van der Waals surface area contributed by atoms with Gasteiger partial charge in [-0.3, -0.25) is 0 Å². The first-order valence-corrected chi connectivity index (χ1v) is 8.64. The van der Waals surface area contributed by atoms with Gasteiger partial charge in [-0.25, -0.2) is 0 Å². The smallest absolute Gasteiger partial charge is 0.124 e. The average Bonchev–Trinajstić information content (AvgIpc) is 3.03. The maximum Gasteiger partial charge on any atom is 0.124 e. The van der Waals surface area contributed by atoms with Gasteiger partial charge in [0, 0.05) is 16.5 Å². The number of ether oxygens (including phenoxy) is 1. The zero-order valence-corrected chi connectivity index (χ0v) is 13.8. The van der Waals surface area contributed by atoms with Gasteiger partial charge in [0.2, 0.25) is 0 Å². The minimum absolute atomic E-state index is 0.359. The van der Waals surface area contributed by atoms with Gasteiger partial charge in [0.15, 0.2) is 0 Å². The fraction of sp³-hybridized carbons (Fsp3) is 0.444. The van der Waals surface area contributed by atoms with E-state index in [1.807, 2.05) is 24.5 Å². The Bertz CT molecular complexity index is 510. The number of nitrogens with one attached hydrogen (secondary N) is 1. The predicted molar refractivity (Wildman–Crippen MR) is 91.3 cm³/mol. The van der Waals surface area contributed by atoms with E-state index < -0.39 is 0 Å². The molecule has 2 aromatic rings. The zero-order valence-electron chi connectivity index (χ0n) is 13.0. The molecule has 0 aliphatic heterocycles. The van der Waals surface area contributed by atoms with E-state index in [-0.39, 0.29) is 0 Å². The Kier molecular flexibility index (Phi) is 6.77. The molecule has 1 atom stereocenters. The first-order valence-electron chi connectivity index (χ1n) is 7.76. The van der Waals surface area contributed by atoms with Crippen LogP contribution in [0.2, 0.25) is 0 Å². The number of para-hydroxylation sites is 1. The Balaban J connectivity index is 1.96. The molecule has 1 unspecified atom stereocenters. The van der Waals surface area contributed by atoms with E-state index in [1.54, 1.807) is 0 Å². The van der Waals surface area contributed by atoms with Crippen LogP contribution in [-0.4, -0.2) is 13.7 Å². The molecule has 0 radical (unpaired) electrons. The van der Waals surface area contributed by atoms with Crippen molar-refractivity contribution in [3.63, 3.8) is 0 Å². The van der Waals surface area contributed by atoms with Gasteiger partial charge >= 0.3 is 0 Å². The maximum atomic E-state index is 5.88. The van der Waals surface area contributed by atoms with Crippen LogP contribution in [0.4, 0.5) is 0 Å². The van der Waals surface area contributed by atoms with Crippen LogP contribution in [0.15, 0.2) is 41.8 Å². The van der Waals surface area contributed by atoms with Gasteiger partial charge in [-0.15, -0.1) is 11.3 Å². The minimum Gasteiger partial charge on any atom is -0.493 e. The third-order valence-corrected chi connectivity index (χ3v) is 4.54. The lowest BCUT2D eigenvalue weighted by Crippen LogP contribution is -2.17. The molecule has 1 N–H and O–H groups in total. The number of hydrogen-bond donors (Lipinski definition) is 1. The molecule has 0 amide bonds. The number of benzene rings is 1. The molecule has 1 aromatic heterocycles. The summed E-state index contributed by atoms with van der Waals surface area (Å²) in [6, 6.07) is 13.1. The predicted octanol–water partition coefficient (Wildman–Crippen LogP) is 4.82. The van der Waals surface area contributed by atoms with E-state index >= 15 is 0 Å². The lowest BCUT2D eigenvalue weighted by atomic mass is 10.00. The van der Waals surface area contributed by atoms with Crippen molar-refractivity contribution in [1.29, 1.82) is 0 Å². The van der Waals surface area contributed by atoms with Gasteiger partial charge in [0.25, 0.3) is 0 Å².